The first-order chi connectivity index (χ1) is 7.75. The lowest BCUT2D eigenvalue weighted by Gasteiger charge is -2.30. The topological polar surface area (TPSA) is 32.8 Å². The SMILES string of the molecule is CC1=CCN(C(=O)CN2CCOCC2)CC1. The molecule has 2 heterocycles. The lowest BCUT2D eigenvalue weighted by atomic mass is 10.1. The summed E-state index contributed by atoms with van der Waals surface area (Å²) in [4.78, 5) is 16.1. The second kappa shape index (κ2) is 5.46. The lowest BCUT2D eigenvalue weighted by molar-refractivity contribution is -0.133. The van der Waals surface area contributed by atoms with Crippen LogP contribution in [0, 0.1) is 0 Å². The van der Waals surface area contributed by atoms with Crippen LogP contribution in [0.2, 0.25) is 0 Å². The van der Waals surface area contributed by atoms with E-state index < -0.39 is 0 Å². The Kier molecular flexibility index (Phi) is 3.96. The number of carbonyl (C=O) groups excluding carboxylic acids is 1. The molecule has 0 aromatic rings. The fraction of sp³-hybridized carbons (Fsp3) is 0.750. The molecular weight excluding hydrogens is 204 g/mol. The van der Waals surface area contributed by atoms with Gasteiger partial charge in [0, 0.05) is 26.2 Å². The molecule has 0 aromatic heterocycles. The summed E-state index contributed by atoms with van der Waals surface area (Å²) in [5, 5.41) is 0. The van der Waals surface area contributed by atoms with Crippen molar-refractivity contribution in [2.45, 2.75) is 13.3 Å². The molecule has 16 heavy (non-hydrogen) atoms. The number of nitrogens with zero attached hydrogens (tertiary/aromatic N) is 2. The van der Waals surface area contributed by atoms with Crippen LogP contribution in [0.25, 0.3) is 0 Å². The summed E-state index contributed by atoms with van der Waals surface area (Å²) < 4.78 is 5.26. The number of rotatable bonds is 2. The molecule has 0 atom stereocenters. The minimum atomic E-state index is 0.255. The summed E-state index contributed by atoms with van der Waals surface area (Å²) in [6.45, 7) is 7.63. The molecular formula is C12H20N2O2. The van der Waals surface area contributed by atoms with Gasteiger partial charge in [0.25, 0.3) is 0 Å². The highest BCUT2D eigenvalue weighted by Gasteiger charge is 2.19. The molecule has 0 aromatic carbocycles. The van der Waals surface area contributed by atoms with E-state index in [1.807, 2.05) is 4.90 Å². The van der Waals surface area contributed by atoms with Crippen LogP contribution in [-0.4, -0.2) is 61.6 Å². The zero-order valence-electron chi connectivity index (χ0n) is 9.95. The van der Waals surface area contributed by atoms with Gasteiger partial charge in [-0.15, -0.1) is 0 Å². The standard InChI is InChI=1S/C12H20N2O2/c1-11-2-4-14(5-3-11)12(15)10-13-6-8-16-9-7-13/h2H,3-10H2,1H3. The van der Waals surface area contributed by atoms with E-state index in [4.69, 9.17) is 4.74 Å². The lowest BCUT2D eigenvalue weighted by Crippen LogP contribution is -2.45. The largest absolute Gasteiger partial charge is 0.379 e. The van der Waals surface area contributed by atoms with Crippen molar-refractivity contribution in [3.63, 3.8) is 0 Å². The van der Waals surface area contributed by atoms with Gasteiger partial charge in [0.05, 0.1) is 19.8 Å². The molecule has 1 amide bonds. The molecule has 0 unspecified atom stereocenters. The number of hydrogen-bond acceptors (Lipinski definition) is 3. The van der Waals surface area contributed by atoms with Gasteiger partial charge in [0.2, 0.25) is 5.91 Å². The molecule has 0 aliphatic carbocycles. The van der Waals surface area contributed by atoms with Crippen LogP contribution in [0.3, 0.4) is 0 Å². The van der Waals surface area contributed by atoms with E-state index in [0.29, 0.717) is 6.54 Å². The molecule has 0 N–H and O–H groups in total. The summed E-state index contributed by atoms with van der Waals surface area (Å²) in [5.41, 5.74) is 1.40. The minimum absolute atomic E-state index is 0.255. The van der Waals surface area contributed by atoms with Gasteiger partial charge in [0.1, 0.15) is 0 Å². The smallest absolute Gasteiger partial charge is 0.237 e. The zero-order valence-corrected chi connectivity index (χ0v) is 9.95. The molecule has 0 radical (unpaired) electrons. The van der Waals surface area contributed by atoms with Crippen LogP contribution in [0.1, 0.15) is 13.3 Å². The molecule has 1 saturated heterocycles. The maximum absolute atomic E-state index is 12.0. The van der Waals surface area contributed by atoms with Crippen molar-refractivity contribution < 1.29 is 9.53 Å². The first kappa shape index (κ1) is 11.6. The number of amides is 1. The van der Waals surface area contributed by atoms with E-state index in [-0.39, 0.29) is 5.91 Å². The van der Waals surface area contributed by atoms with Crippen molar-refractivity contribution in [2.24, 2.45) is 0 Å². The predicted octanol–water partition coefficient (Wildman–Crippen LogP) is 0.497. The predicted molar refractivity (Wildman–Crippen MR) is 62.2 cm³/mol. The van der Waals surface area contributed by atoms with E-state index in [1.54, 1.807) is 0 Å². The van der Waals surface area contributed by atoms with Gasteiger partial charge >= 0.3 is 0 Å². The van der Waals surface area contributed by atoms with Crippen LogP contribution in [-0.2, 0) is 9.53 Å². The Morgan fingerprint density at radius 2 is 2.12 bits per heavy atom. The summed E-state index contributed by atoms with van der Waals surface area (Å²) in [6, 6.07) is 0. The van der Waals surface area contributed by atoms with Crippen molar-refractivity contribution in [2.75, 3.05) is 45.9 Å². The maximum atomic E-state index is 12.0. The first-order valence-corrected chi connectivity index (χ1v) is 5.99. The molecule has 0 saturated carbocycles. The van der Waals surface area contributed by atoms with Crippen LogP contribution in [0.4, 0.5) is 0 Å². The fourth-order valence-electron chi connectivity index (χ4n) is 2.05. The third kappa shape index (κ3) is 3.06. The molecule has 0 spiro atoms. The summed E-state index contributed by atoms with van der Waals surface area (Å²) in [7, 11) is 0. The Bertz CT molecular complexity index is 283. The average Bonchev–Trinajstić information content (AvgIpc) is 2.31. The number of ether oxygens (including phenoxy) is 1. The van der Waals surface area contributed by atoms with Crippen molar-refractivity contribution in [3.05, 3.63) is 11.6 Å². The van der Waals surface area contributed by atoms with Crippen molar-refractivity contribution in [1.29, 1.82) is 0 Å². The monoisotopic (exact) mass is 224 g/mol. The molecule has 4 heteroatoms. The average molecular weight is 224 g/mol. The Morgan fingerprint density at radius 3 is 2.75 bits per heavy atom. The number of carbonyl (C=O) groups is 1. The van der Waals surface area contributed by atoms with E-state index in [9.17, 15) is 4.79 Å². The third-order valence-electron chi connectivity index (χ3n) is 3.25. The third-order valence-corrected chi connectivity index (χ3v) is 3.25. The quantitative estimate of drug-likeness (QED) is 0.640. The molecule has 2 rings (SSSR count). The molecule has 4 nitrogen and oxygen atoms in total. The van der Waals surface area contributed by atoms with Gasteiger partial charge in [-0.3, -0.25) is 9.69 Å². The molecule has 2 aliphatic heterocycles. The van der Waals surface area contributed by atoms with Gasteiger partial charge in [-0.05, 0) is 13.3 Å². The second-order valence-corrected chi connectivity index (χ2v) is 4.53. The fourth-order valence-corrected chi connectivity index (χ4v) is 2.05. The molecule has 90 valence electrons. The first-order valence-electron chi connectivity index (χ1n) is 5.99. The normalized spacial score (nSPS) is 23.1. The van der Waals surface area contributed by atoms with Crippen LogP contribution >= 0.6 is 0 Å². The van der Waals surface area contributed by atoms with Crippen LogP contribution in [0.5, 0.6) is 0 Å². The molecule has 2 aliphatic rings. The van der Waals surface area contributed by atoms with Crippen molar-refractivity contribution in [3.8, 4) is 0 Å². The highest BCUT2D eigenvalue weighted by atomic mass is 16.5. The number of morpholine rings is 1. The van der Waals surface area contributed by atoms with Gasteiger partial charge in [-0.2, -0.15) is 0 Å². The van der Waals surface area contributed by atoms with Gasteiger partial charge < -0.3 is 9.64 Å². The highest BCUT2D eigenvalue weighted by Crippen LogP contribution is 2.10. The summed E-state index contributed by atoms with van der Waals surface area (Å²) in [6.07, 6.45) is 3.18. The Labute approximate surface area is 96.8 Å². The van der Waals surface area contributed by atoms with Crippen molar-refractivity contribution >= 4 is 5.91 Å². The van der Waals surface area contributed by atoms with Gasteiger partial charge in [0.15, 0.2) is 0 Å². The Balaban J connectivity index is 1.79. The summed E-state index contributed by atoms with van der Waals surface area (Å²) in [5.74, 6) is 0.255. The van der Waals surface area contributed by atoms with Gasteiger partial charge in [-0.1, -0.05) is 11.6 Å². The van der Waals surface area contributed by atoms with E-state index in [2.05, 4.69) is 17.9 Å². The summed E-state index contributed by atoms with van der Waals surface area (Å²) >= 11 is 0. The van der Waals surface area contributed by atoms with Crippen molar-refractivity contribution in [1.82, 2.24) is 9.80 Å². The highest BCUT2D eigenvalue weighted by molar-refractivity contribution is 5.78. The Hall–Kier alpha value is -0.870. The van der Waals surface area contributed by atoms with E-state index >= 15 is 0 Å². The second-order valence-electron chi connectivity index (χ2n) is 4.53. The molecule has 1 fully saturated rings. The van der Waals surface area contributed by atoms with Crippen LogP contribution in [0.15, 0.2) is 11.6 Å². The van der Waals surface area contributed by atoms with E-state index in [0.717, 1.165) is 45.8 Å². The number of hydrogen-bond donors (Lipinski definition) is 0. The maximum Gasteiger partial charge on any atom is 0.237 e. The van der Waals surface area contributed by atoms with Crippen LogP contribution < -0.4 is 0 Å². The Morgan fingerprint density at radius 1 is 1.38 bits per heavy atom. The minimum Gasteiger partial charge on any atom is -0.379 e. The zero-order chi connectivity index (χ0) is 11.4. The molecule has 0 bridgehead atoms. The van der Waals surface area contributed by atoms with Gasteiger partial charge in [-0.25, -0.2) is 0 Å². The van der Waals surface area contributed by atoms with E-state index in [1.165, 1.54) is 5.57 Å².